The fraction of sp³-hybridized carbons (Fsp3) is 0.357. The molecule has 1 heterocycles. The first-order valence-electron chi connectivity index (χ1n) is 12.3. The molecule has 3 aromatic rings. The second kappa shape index (κ2) is 11.2. The van der Waals surface area contributed by atoms with Crippen molar-refractivity contribution in [3.8, 4) is 5.75 Å². The Balaban J connectivity index is 1.31. The van der Waals surface area contributed by atoms with E-state index < -0.39 is 16.0 Å². The van der Waals surface area contributed by atoms with E-state index in [1.807, 2.05) is 38.1 Å². The van der Waals surface area contributed by atoms with Crippen LogP contribution in [0.1, 0.15) is 33.1 Å². The van der Waals surface area contributed by atoms with E-state index in [0.717, 1.165) is 30.0 Å². The molecule has 0 aliphatic carbocycles. The Kier molecular flexibility index (Phi) is 8.02. The van der Waals surface area contributed by atoms with Crippen LogP contribution in [-0.2, 0) is 24.3 Å². The van der Waals surface area contributed by atoms with Crippen LogP contribution in [0.3, 0.4) is 0 Å². The Labute approximate surface area is 217 Å². The maximum atomic E-state index is 13.2. The molecule has 0 aromatic heterocycles. The van der Waals surface area contributed by atoms with E-state index in [1.54, 1.807) is 47.4 Å². The molecular formula is C28H32N2O6S. The summed E-state index contributed by atoms with van der Waals surface area (Å²) < 4.78 is 38.1. The molecule has 0 radical (unpaired) electrons. The summed E-state index contributed by atoms with van der Waals surface area (Å²) in [4.78, 5) is 26.6. The van der Waals surface area contributed by atoms with Gasteiger partial charge in [0.05, 0.1) is 10.6 Å². The van der Waals surface area contributed by atoms with E-state index in [0.29, 0.717) is 11.4 Å². The van der Waals surface area contributed by atoms with Crippen molar-refractivity contribution >= 4 is 38.4 Å². The molecule has 196 valence electrons. The van der Waals surface area contributed by atoms with Crippen molar-refractivity contribution in [2.45, 2.75) is 50.1 Å². The highest BCUT2D eigenvalue weighted by atomic mass is 32.2. The first-order valence-corrected chi connectivity index (χ1v) is 13.8. The predicted octanol–water partition coefficient (Wildman–Crippen LogP) is 4.38. The molecule has 0 saturated carbocycles. The number of piperidine rings is 1. The van der Waals surface area contributed by atoms with Crippen LogP contribution < -0.4 is 9.04 Å². The minimum absolute atomic E-state index is 0.132. The zero-order valence-corrected chi connectivity index (χ0v) is 22.1. The van der Waals surface area contributed by atoms with Gasteiger partial charge in [-0.05, 0) is 80.3 Å². The summed E-state index contributed by atoms with van der Waals surface area (Å²) >= 11 is 0. The first kappa shape index (κ1) is 26.5. The SMILES string of the molecule is CC1CCCC(C)N1C(=O)COC(=O)COc1ccc(N(C)S(=O)(=O)c2ccc3ccccc3c2)cc1. The standard InChI is InChI=1S/C28H32N2O6S/c1-20-7-6-8-21(2)30(20)27(31)18-36-28(32)19-35-25-14-12-24(13-15-25)29(3)37(33,34)26-16-11-22-9-4-5-10-23(22)17-26/h4-5,9-17,20-21H,6-8,18-19H2,1-3H3. The number of esters is 1. The van der Waals surface area contributed by atoms with Gasteiger partial charge in [0.15, 0.2) is 13.2 Å². The van der Waals surface area contributed by atoms with Crippen LogP contribution in [0, 0.1) is 0 Å². The lowest BCUT2D eigenvalue weighted by Gasteiger charge is -2.38. The third-order valence-corrected chi connectivity index (χ3v) is 8.56. The molecular weight excluding hydrogens is 492 g/mol. The second-order valence-electron chi connectivity index (χ2n) is 9.35. The van der Waals surface area contributed by atoms with Crippen LogP contribution in [0.5, 0.6) is 5.75 Å². The minimum Gasteiger partial charge on any atom is -0.482 e. The van der Waals surface area contributed by atoms with E-state index in [9.17, 15) is 18.0 Å². The molecule has 0 N–H and O–H groups in total. The Hall–Kier alpha value is -3.59. The molecule has 1 aliphatic heterocycles. The fourth-order valence-electron chi connectivity index (χ4n) is 4.69. The van der Waals surface area contributed by atoms with Gasteiger partial charge in [-0.25, -0.2) is 13.2 Å². The van der Waals surface area contributed by atoms with Gasteiger partial charge in [-0.2, -0.15) is 0 Å². The molecule has 4 rings (SSSR count). The third kappa shape index (κ3) is 6.05. The number of amides is 1. The van der Waals surface area contributed by atoms with Crippen molar-refractivity contribution in [1.29, 1.82) is 0 Å². The summed E-state index contributed by atoms with van der Waals surface area (Å²) in [5.74, 6) is -0.472. The number of carbonyl (C=O) groups is 2. The molecule has 1 fully saturated rings. The number of fused-ring (bicyclic) bond motifs is 1. The molecule has 9 heteroatoms. The predicted molar refractivity (Wildman–Crippen MR) is 142 cm³/mol. The summed E-state index contributed by atoms with van der Waals surface area (Å²) in [6.07, 6.45) is 2.98. The van der Waals surface area contributed by atoms with E-state index >= 15 is 0 Å². The average molecular weight is 525 g/mol. The quantitative estimate of drug-likeness (QED) is 0.406. The third-order valence-electron chi connectivity index (χ3n) is 6.77. The molecule has 2 unspecified atom stereocenters. The van der Waals surface area contributed by atoms with Crippen LogP contribution in [0.2, 0.25) is 0 Å². The molecule has 1 saturated heterocycles. The molecule has 0 bridgehead atoms. The Bertz CT molecular complexity index is 1360. The number of likely N-dealkylation sites (tertiary alicyclic amines) is 1. The Morgan fingerprint density at radius 3 is 2.24 bits per heavy atom. The molecule has 0 spiro atoms. The van der Waals surface area contributed by atoms with Gasteiger partial charge in [-0.15, -0.1) is 0 Å². The number of carbonyl (C=O) groups excluding carboxylic acids is 2. The van der Waals surface area contributed by atoms with Gasteiger partial charge in [0.2, 0.25) is 0 Å². The lowest BCUT2D eigenvalue weighted by Crippen LogP contribution is -2.49. The number of nitrogens with zero attached hydrogens (tertiary/aromatic N) is 2. The van der Waals surface area contributed by atoms with Crippen molar-refractivity contribution in [2.24, 2.45) is 0 Å². The fourth-order valence-corrected chi connectivity index (χ4v) is 5.92. The van der Waals surface area contributed by atoms with Crippen LogP contribution in [-0.4, -0.2) is 57.5 Å². The highest BCUT2D eigenvalue weighted by molar-refractivity contribution is 7.92. The van der Waals surface area contributed by atoms with E-state index in [-0.39, 0.29) is 36.1 Å². The van der Waals surface area contributed by atoms with Crippen LogP contribution >= 0.6 is 0 Å². The molecule has 37 heavy (non-hydrogen) atoms. The number of anilines is 1. The summed E-state index contributed by atoms with van der Waals surface area (Å²) in [6.45, 7) is 3.34. The lowest BCUT2D eigenvalue weighted by atomic mass is 9.97. The summed E-state index contributed by atoms with van der Waals surface area (Å²) in [7, 11) is -2.29. The zero-order chi connectivity index (χ0) is 26.6. The Morgan fingerprint density at radius 1 is 0.919 bits per heavy atom. The van der Waals surface area contributed by atoms with Crippen LogP contribution in [0.25, 0.3) is 10.8 Å². The van der Waals surface area contributed by atoms with Crippen molar-refractivity contribution in [3.05, 3.63) is 66.7 Å². The normalized spacial score (nSPS) is 17.9. The van der Waals surface area contributed by atoms with Gasteiger partial charge in [-0.1, -0.05) is 30.3 Å². The zero-order valence-electron chi connectivity index (χ0n) is 21.3. The van der Waals surface area contributed by atoms with E-state index in [1.165, 1.54) is 11.4 Å². The van der Waals surface area contributed by atoms with Crippen molar-refractivity contribution in [2.75, 3.05) is 24.6 Å². The van der Waals surface area contributed by atoms with Crippen molar-refractivity contribution in [1.82, 2.24) is 4.90 Å². The van der Waals surface area contributed by atoms with Gasteiger partial charge in [0.1, 0.15) is 5.75 Å². The highest BCUT2D eigenvalue weighted by Gasteiger charge is 2.29. The van der Waals surface area contributed by atoms with Crippen LogP contribution in [0.4, 0.5) is 5.69 Å². The van der Waals surface area contributed by atoms with Crippen molar-refractivity contribution < 1.29 is 27.5 Å². The second-order valence-corrected chi connectivity index (χ2v) is 11.3. The maximum Gasteiger partial charge on any atom is 0.344 e. The molecule has 3 aromatic carbocycles. The van der Waals surface area contributed by atoms with Gasteiger partial charge in [-0.3, -0.25) is 9.10 Å². The maximum absolute atomic E-state index is 13.2. The van der Waals surface area contributed by atoms with Gasteiger partial charge in [0, 0.05) is 19.1 Å². The molecule has 2 atom stereocenters. The molecule has 1 aliphatic rings. The number of hydrogen-bond acceptors (Lipinski definition) is 6. The number of rotatable bonds is 8. The average Bonchev–Trinajstić information content (AvgIpc) is 2.90. The monoisotopic (exact) mass is 524 g/mol. The first-order chi connectivity index (χ1) is 17.7. The number of benzene rings is 3. The highest BCUT2D eigenvalue weighted by Crippen LogP contribution is 2.27. The lowest BCUT2D eigenvalue weighted by molar-refractivity contribution is -0.156. The molecule has 1 amide bonds. The van der Waals surface area contributed by atoms with E-state index in [4.69, 9.17) is 9.47 Å². The minimum atomic E-state index is -3.77. The van der Waals surface area contributed by atoms with Gasteiger partial charge in [0.25, 0.3) is 15.9 Å². The largest absolute Gasteiger partial charge is 0.482 e. The Morgan fingerprint density at radius 2 is 1.57 bits per heavy atom. The van der Waals surface area contributed by atoms with Crippen molar-refractivity contribution in [3.63, 3.8) is 0 Å². The topological polar surface area (TPSA) is 93.2 Å². The van der Waals surface area contributed by atoms with Gasteiger partial charge < -0.3 is 14.4 Å². The number of ether oxygens (including phenoxy) is 2. The summed E-state index contributed by atoms with van der Waals surface area (Å²) in [6, 6.07) is 19.2. The summed E-state index contributed by atoms with van der Waals surface area (Å²) in [5, 5.41) is 1.80. The van der Waals surface area contributed by atoms with E-state index in [2.05, 4.69) is 0 Å². The number of sulfonamides is 1. The smallest absolute Gasteiger partial charge is 0.344 e. The number of hydrogen-bond donors (Lipinski definition) is 0. The summed E-state index contributed by atoms with van der Waals surface area (Å²) in [5.41, 5.74) is 0.443. The van der Waals surface area contributed by atoms with Gasteiger partial charge >= 0.3 is 5.97 Å². The van der Waals surface area contributed by atoms with Crippen LogP contribution in [0.15, 0.2) is 71.6 Å². The molecule has 8 nitrogen and oxygen atoms in total.